The van der Waals surface area contributed by atoms with Crippen LogP contribution in [0.25, 0.3) is 0 Å². The minimum Gasteiger partial charge on any atom is -0.301 e. The first-order chi connectivity index (χ1) is 9.13. The first kappa shape index (κ1) is 13.1. The van der Waals surface area contributed by atoms with Gasteiger partial charge in [0.05, 0.1) is 0 Å². The van der Waals surface area contributed by atoms with Crippen molar-refractivity contribution in [2.45, 2.75) is 65.0 Å². The number of aryl methyl sites for hydroxylation is 1. The number of rotatable bonds is 3. The lowest BCUT2D eigenvalue weighted by molar-refractivity contribution is 0.264. The van der Waals surface area contributed by atoms with Crippen LogP contribution in [0.4, 0.5) is 0 Å². The van der Waals surface area contributed by atoms with E-state index in [1.165, 1.54) is 38.2 Å². The zero-order chi connectivity index (χ0) is 13.4. The molecule has 0 N–H and O–H groups in total. The van der Waals surface area contributed by atoms with E-state index in [1.807, 2.05) is 0 Å². The molecular formula is C15H26N4. The maximum absolute atomic E-state index is 4.80. The summed E-state index contributed by atoms with van der Waals surface area (Å²) in [5.74, 6) is 3.65. The van der Waals surface area contributed by atoms with E-state index in [0.29, 0.717) is 12.0 Å². The van der Waals surface area contributed by atoms with Crippen molar-refractivity contribution in [1.29, 1.82) is 0 Å². The van der Waals surface area contributed by atoms with Gasteiger partial charge >= 0.3 is 0 Å². The second kappa shape index (κ2) is 5.23. The molecule has 19 heavy (non-hydrogen) atoms. The zero-order valence-corrected chi connectivity index (χ0v) is 12.5. The Morgan fingerprint density at radius 3 is 2.79 bits per heavy atom. The Labute approximate surface area is 116 Å². The summed E-state index contributed by atoms with van der Waals surface area (Å²) in [7, 11) is 0. The summed E-state index contributed by atoms with van der Waals surface area (Å²) in [5.41, 5.74) is 0. The van der Waals surface area contributed by atoms with Crippen LogP contribution < -0.4 is 0 Å². The molecule has 0 bridgehead atoms. The third-order valence-corrected chi connectivity index (χ3v) is 4.71. The van der Waals surface area contributed by atoms with Crippen LogP contribution in [-0.4, -0.2) is 38.8 Å². The van der Waals surface area contributed by atoms with E-state index in [9.17, 15) is 0 Å². The molecule has 0 aliphatic carbocycles. The first-order valence-corrected chi connectivity index (χ1v) is 7.81. The second-order valence-corrected chi connectivity index (χ2v) is 6.60. The number of hydrogen-bond donors (Lipinski definition) is 0. The summed E-state index contributed by atoms with van der Waals surface area (Å²) in [6.45, 7) is 10.4. The van der Waals surface area contributed by atoms with Gasteiger partial charge in [0.2, 0.25) is 0 Å². The Balaban J connectivity index is 1.65. The van der Waals surface area contributed by atoms with E-state index in [4.69, 9.17) is 10.1 Å². The number of hydrogen-bond acceptors (Lipinski definition) is 3. The summed E-state index contributed by atoms with van der Waals surface area (Å²) in [4.78, 5) is 7.37. The normalized spacial score (nSPS) is 28.0. The van der Waals surface area contributed by atoms with Crippen molar-refractivity contribution in [2.24, 2.45) is 5.92 Å². The number of fused-ring (bicyclic) bond motifs is 1. The molecule has 0 amide bonds. The summed E-state index contributed by atoms with van der Waals surface area (Å²) in [6, 6.07) is 0.674. The molecule has 0 saturated carbocycles. The molecule has 3 rings (SSSR count). The Morgan fingerprint density at radius 2 is 2.11 bits per heavy atom. The molecule has 1 aromatic heterocycles. The van der Waals surface area contributed by atoms with Gasteiger partial charge in [0, 0.05) is 31.5 Å². The predicted molar refractivity (Wildman–Crippen MR) is 76.2 cm³/mol. The van der Waals surface area contributed by atoms with Gasteiger partial charge in [-0.15, -0.1) is 0 Å². The summed E-state index contributed by atoms with van der Waals surface area (Å²) >= 11 is 0. The van der Waals surface area contributed by atoms with Crippen molar-refractivity contribution in [2.75, 3.05) is 13.1 Å². The highest BCUT2D eigenvalue weighted by Crippen LogP contribution is 2.26. The molecule has 2 aliphatic rings. The molecule has 3 heterocycles. The van der Waals surface area contributed by atoms with E-state index in [2.05, 4.69) is 30.4 Å². The van der Waals surface area contributed by atoms with Gasteiger partial charge in [0.25, 0.3) is 0 Å². The van der Waals surface area contributed by atoms with E-state index in [0.717, 1.165) is 24.7 Å². The largest absolute Gasteiger partial charge is 0.301 e. The van der Waals surface area contributed by atoms with Crippen molar-refractivity contribution in [3.8, 4) is 0 Å². The Hall–Kier alpha value is -0.900. The van der Waals surface area contributed by atoms with Gasteiger partial charge in [0.1, 0.15) is 5.82 Å². The average Bonchev–Trinajstić information content (AvgIpc) is 2.96. The summed E-state index contributed by atoms with van der Waals surface area (Å²) in [5, 5.41) is 4.72. The van der Waals surface area contributed by atoms with Crippen LogP contribution >= 0.6 is 0 Å². The molecular weight excluding hydrogens is 236 g/mol. The quantitative estimate of drug-likeness (QED) is 0.839. The van der Waals surface area contributed by atoms with Crippen molar-refractivity contribution in [3.05, 3.63) is 11.6 Å². The van der Waals surface area contributed by atoms with Crippen LogP contribution in [0.5, 0.6) is 0 Å². The monoisotopic (exact) mass is 262 g/mol. The van der Waals surface area contributed by atoms with Crippen LogP contribution in [0.2, 0.25) is 0 Å². The van der Waals surface area contributed by atoms with Crippen LogP contribution in [0.3, 0.4) is 0 Å². The highest BCUT2D eigenvalue weighted by atomic mass is 15.4. The van der Waals surface area contributed by atoms with Crippen molar-refractivity contribution >= 4 is 0 Å². The lowest BCUT2D eigenvalue weighted by atomic mass is 10.0. The zero-order valence-electron chi connectivity index (χ0n) is 12.5. The molecule has 1 aromatic rings. The lowest BCUT2D eigenvalue weighted by Gasteiger charge is -2.19. The van der Waals surface area contributed by atoms with Gasteiger partial charge in [-0.2, -0.15) is 5.10 Å². The fourth-order valence-electron chi connectivity index (χ4n) is 3.45. The first-order valence-electron chi connectivity index (χ1n) is 7.81. The maximum Gasteiger partial charge on any atom is 0.151 e. The van der Waals surface area contributed by atoms with Gasteiger partial charge in [-0.1, -0.05) is 6.92 Å². The van der Waals surface area contributed by atoms with Gasteiger partial charge in [-0.05, 0) is 45.6 Å². The Bertz CT molecular complexity index is 437. The van der Waals surface area contributed by atoms with Crippen LogP contribution in [0, 0.1) is 5.92 Å². The van der Waals surface area contributed by atoms with E-state index in [-0.39, 0.29) is 0 Å². The molecule has 106 valence electrons. The predicted octanol–water partition coefficient (Wildman–Crippen LogP) is 2.45. The molecule has 1 fully saturated rings. The molecule has 2 atom stereocenters. The second-order valence-electron chi connectivity index (χ2n) is 6.60. The third kappa shape index (κ3) is 2.69. The molecule has 0 radical (unpaired) electrons. The number of likely N-dealkylation sites (tertiary alicyclic amines) is 1. The van der Waals surface area contributed by atoms with Crippen LogP contribution in [0.15, 0.2) is 0 Å². The number of aromatic nitrogens is 3. The smallest absolute Gasteiger partial charge is 0.151 e. The number of nitrogens with zero attached hydrogens (tertiary/aromatic N) is 4. The molecule has 0 spiro atoms. The fourth-order valence-corrected chi connectivity index (χ4v) is 3.45. The highest BCUT2D eigenvalue weighted by Gasteiger charge is 2.27. The Morgan fingerprint density at radius 1 is 1.26 bits per heavy atom. The van der Waals surface area contributed by atoms with Crippen molar-refractivity contribution < 1.29 is 0 Å². The van der Waals surface area contributed by atoms with Gasteiger partial charge in [0.15, 0.2) is 5.82 Å². The van der Waals surface area contributed by atoms with Gasteiger partial charge in [-0.25, -0.2) is 9.67 Å². The maximum atomic E-state index is 4.80. The van der Waals surface area contributed by atoms with Crippen LogP contribution in [0.1, 0.15) is 57.6 Å². The SMILES string of the molecule is CC1CCCn2nc(CC3CCN(C(C)C)C3)nc21. The molecule has 1 saturated heterocycles. The Kier molecular flexibility index (Phi) is 3.61. The van der Waals surface area contributed by atoms with Crippen LogP contribution in [-0.2, 0) is 13.0 Å². The molecule has 4 heteroatoms. The molecule has 2 aliphatic heterocycles. The van der Waals surface area contributed by atoms with E-state index >= 15 is 0 Å². The minimum atomic E-state index is 0.589. The van der Waals surface area contributed by atoms with Crippen molar-refractivity contribution in [1.82, 2.24) is 19.7 Å². The van der Waals surface area contributed by atoms with Gasteiger partial charge < -0.3 is 4.90 Å². The fraction of sp³-hybridized carbons (Fsp3) is 0.867. The van der Waals surface area contributed by atoms with Crippen molar-refractivity contribution in [3.63, 3.8) is 0 Å². The standard InChI is InChI=1S/C15H26N4/c1-11(2)18-8-6-13(10-18)9-14-16-15-12(3)5-4-7-19(15)17-14/h11-13H,4-10H2,1-3H3. The molecule has 0 aromatic carbocycles. The average molecular weight is 262 g/mol. The third-order valence-electron chi connectivity index (χ3n) is 4.71. The summed E-state index contributed by atoms with van der Waals surface area (Å²) < 4.78 is 2.15. The molecule has 4 nitrogen and oxygen atoms in total. The highest BCUT2D eigenvalue weighted by molar-refractivity contribution is 5.02. The van der Waals surface area contributed by atoms with Gasteiger partial charge in [-0.3, -0.25) is 0 Å². The lowest BCUT2D eigenvalue weighted by Crippen LogP contribution is -2.28. The minimum absolute atomic E-state index is 0.589. The van der Waals surface area contributed by atoms with E-state index < -0.39 is 0 Å². The summed E-state index contributed by atoms with van der Waals surface area (Å²) in [6.07, 6.45) is 4.89. The van der Waals surface area contributed by atoms with E-state index in [1.54, 1.807) is 0 Å². The topological polar surface area (TPSA) is 34.0 Å². The molecule has 2 unspecified atom stereocenters.